The highest BCUT2D eigenvalue weighted by molar-refractivity contribution is 7.00. The quantitative estimate of drug-likeness (QED) is 0.107. The van der Waals surface area contributed by atoms with Crippen LogP contribution >= 0.6 is 0 Å². The molecule has 0 bridgehead atoms. The molecule has 0 fully saturated rings. The van der Waals surface area contributed by atoms with Crippen molar-refractivity contribution < 1.29 is 9.60 Å². The fraction of sp³-hybridized carbons (Fsp3) is 0.109. The molecule has 0 saturated carbocycles. The van der Waals surface area contributed by atoms with Crippen LogP contribution in [0.3, 0.4) is 0 Å². The van der Waals surface area contributed by atoms with Gasteiger partial charge in [0.05, 0.1) is 42.8 Å². The van der Waals surface area contributed by atoms with Crippen molar-refractivity contribution in [1.29, 1.82) is 0 Å². The van der Waals surface area contributed by atoms with Crippen molar-refractivity contribution in [2.75, 3.05) is 9.80 Å². The molecule has 2 aliphatic heterocycles. The van der Waals surface area contributed by atoms with Gasteiger partial charge in [0.1, 0.15) is 0 Å². The number of nitrogens with zero attached hydrogens (tertiary/aromatic N) is 3. The SMILES string of the molecule is [2H]c1c([2H])c([2H])c2c(c1[2H])c1c([2H])c(-c3ccccc3)c([2H])c([2H])c1n2-c1ccc2c(c1)N(c1ccc(-c3ccccc3)cc1-c1ccc3c(c1)C(c1ccccc1)(c1ccccc1)c1ccccc1-3)c1cc(C(C)(C)C)cc3c1B2c1ccc(-c2cc(C(C)(C)C)cc(C(C)(C)C)c2)cc1N3c1ccc(-c2ccccc2)cc1-c1ccc2c(c1)C(c1ccccc1)(c1ccccc1)c1ccccc1-2. The van der Waals surface area contributed by atoms with Crippen LogP contribution in [0.2, 0.25) is 0 Å². The number of benzene rings is 19. The highest BCUT2D eigenvalue weighted by Crippen LogP contribution is 2.61. The van der Waals surface area contributed by atoms with Crippen LogP contribution in [0.5, 0.6) is 0 Å². The van der Waals surface area contributed by atoms with Gasteiger partial charge >= 0.3 is 0 Å². The number of anilines is 6. The molecule has 20 aromatic rings. The van der Waals surface area contributed by atoms with E-state index in [1.54, 1.807) is 4.57 Å². The molecule has 19 aromatic carbocycles. The normalized spacial score (nSPS) is 14.5. The van der Waals surface area contributed by atoms with Gasteiger partial charge in [0.2, 0.25) is 0 Å². The lowest BCUT2D eigenvalue weighted by Gasteiger charge is -2.46. The predicted octanol–water partition coefficient (Wildman–Crippen LogP) is 31.5. The van der Waals surface area contributed by atoms with Gasteiger partial charge in [0, 0.05) is 50.3 Å². The van der Waals surface area contributed by atoms with E-state index in [0.717, 1.165) is 134 Å². The first kappa shape index (κ1) is 72.5. The Kier molecular flexibility index (Phi) is 16.9. The maximum atomic E-state index is 10.5. The van der Waals surface area contributed by atoms with Crippen LogP contribution in [0, 0.1) is 0 Å². The highest BCUT2D eigenvalue weighted by Gasteiger charge is 2.50. The van der Waals surface area contributed by atoms with E-state index >= 15 is 0 Å². The van der Waals surface area contributed by atoms with Crippen LogP contribution < -0.4 is 26.2 Å². The average Bonchev–Trinajstić information content (AvgIpc) is 1.64. The van der Waals surface area contributed by atoms with Crippen LogP contribution in [0.1, 0.15) is 133 Å². The van der Waals surface area contributed by atoms with Gasteiger partial charge in [-0.15, -0.1) is 0 Å². The standard InChI is InChI=1S/C128H100BN3/c1-124(2,3)97-71-92(72-98(79-97)125(4,5)6)89-59-66-113-119(78-89)131(116-68-60-86(83-37-17-10-18-38-83)73-106(116)90-57-64-103-101-51-31-34-54-109(101)127(111(103)76-90,93-43-23-13-24-44-93)94-45-25-14-26-46-94)121-80-99(126(7,8)9)81-122-123(121)129(113)114-67-63-100(130-115-56-36-33-53-105(115)108-75-88(62-70-118(108)130)85-41-21-12-22-42-85)82-120(114)132(122)117-69-61-87(84-39-19-11-20-40-84)74-107(117)91-58-65-104-102-52-32-35-55-110(102)128(112(104)77-91,95-47-27-15-28-48-95)96-49-29-16-30-50-96/h10-82H,1-9H3/i33D,36D,53D,56D,62D,70D,75D. The van der Waals surface area contributed by atoms with Crippen molar-refractivity contribution in [3.05, 3.63) is 504 Å². The summed E-state index contributed by atoms with van der Waals surface area (Å²) in [7, 11) is 0. The smallest absolute Gasteiger partial charge is 0.252 e. The number of fused-ring (bicyclic) bond motifs is 13. The molecule has 2 aliphatic carbocycles. The van der Waals surface area contributed by atoms with Crippen LogP contribution in [0.15, 0.2) is 443 Å². The Hall–Kier alpha value is -15.4. The largest absolute Gasteiger partial charge is 0.311 e. The summed E-state index contributed by atoms with van der Waals surface area (Å²) in [5.41, 5.74) is 35.6. The summed E-state index contributed by atoms with van der Waals surface area (Å²) >= 11 is 0. The Morgan fingerprint density at radius 2 is 0.614 bits per heavy atom. The summed E-state index contributed by atoms with van der Waals surface area (Å²) in [6.45, 7) is 20.3. The van der Waals surface area contributed by atoms with E-state index in [0.29, 0.717) is 11.3 Å². The van der Waals surface area contributed by atoms with E-state index in [1.807, 2.05) is 30.3 Å². The minimum atomic E-state index is -0.771. The minimum Gasteiger partial charge on any atom is -0.311 e. The number of para-hydroxylation sites is 1. The summed E-state index contributed by atoms with van der Waals surface area (Å²) in [5, 5.41) is 0.261. The third kappa shape index (κ3) is 12.6. The summed E-state index contributed by atoms with van der Waals surface area (Å²) in [6.07, 6.45) is 0. The molecule has 132 heavy (non-hydrogen) atoms. The Balaban J connectivity index is 0.844. The molecule has 0 N–H and O–H groups in total. The van der Waals surface area contributed by atoms with E-state index in [2.05, 4.69) is 442 Å². The number of rotatable bonds is 13. The Morgan fingerprint density at radius 3 is 1.08 bits per heavy atom. The lowest BCUT2D eigenvalue weighted by atomic mass is 9.33. The summed E-state index contributed by atoms with van der Waals surface area (Å²) in [5.74, 6) is 0. The summed E-state index contributed by atoms with van der Waals surface area (Å²) < 4.78 is 72.2. The van der Waals surface area contributed by atoms with Gasteiger partial charge in [-0.2, -0.15) is 0 Å². The van der Waals surface area contributed by atoms with Crippen molar-refractivity contribution in [2.24, 2.45) is 0 Å². The monoisotopic (exact) mass is 1700 g/mol. The molecular weight excluding hydrogens is 1590 g/mol. The molecule has 0 atom stereocenters. The molecule has 0 unspecified atom stereocenters. The average molecular weight is 1700 g/mol. The molecule has 0 radical (unpaired) electrons. The van der Waals surface area contributed by atoms with Gasteiger partial charge in [-0.05, 0) is 257 Å². The summed E-state index contributed by atoms with van der Waals surface area (Å²) in [6, 6.07) is 145. The molecule has 1 aromatic heterocycles. The van der Waals surface area contributed by atoms with Crippen molar-refractivity contribution in [3.63, 3.8) is 0 Å². The summed E-state index contributed by atoms with van der Waals surface area (Å²) in [4.78, 5) is 5.12. The molecule has 0 spiro atoms. The Morgan fingerprint density at radius 1 is 0.242 bits per heavy atom. The Bertz CT molecular complexity index is 8340. The van der Waals surface area contributed by atoms with Crippen LogP contribution in [0.4, 0.5) is 34.1 Å². The molecule has 3 heterocycles. The first-order chi connectivity index (χ1) is 67.3. The molecule has 4 aliphatic rings. The van der Waals surface area contributed by atoms with Gasteiger partial charge in [-0.25, -0.2) is 0 Å². The second kappa shape index (κ2) is 30.7. The van der Waals surface area contributed by atoms with Gasteiger partial charge in [-0.3, -0.25) is 0 Å². The molecule has 0 saturated heterocycles. The van der Waals surface area contributed by atoms with Gasteiger partial charge in [-0.1, -0.05) is 420 Å². The topological polar surface area (TPSA) is 11.4 Å². The van der Waals surface area contributed by atoms with E-state index in [9.17, 15) is 9.60 Å². The zero-order chi connectivity index (χ0) is 95.2. The zero-order valence-corrected chi connectivity index (χ0v) is 75.5. The molecule has 24 rings (SSSR count). The first-order valence-corrected chi connectivity index (χ1v) is 46.2. The van der Waals surface area contributed by atoms with Crippen LogP contribution in [-0.2, 0) is 27.1 Å². The zero-order valence-electron chi connectivity index (χ0n) is 82.5. The second-order valence-corrected chi connectivity index (χ2v) is 39.3. The van der Waals surface area contributed by atoms with Gasteiger partial charge in [0.25, 0.3) is 6.71 Å². The molecule has 630 valence electrons. The minimum absolute atomic E-state index is 0.100. The fourth-order valence-corrected chi connectivity index (χ4v) is 22.2. The van der Waals surface area contributed by atoms with Gasteiger partial charge in [0.15, 0.2) is 0 Å². The fourth-order valence-electron chi connectivity index (χ4n) is 22.2. The predicted molar refractivity (Wildman–Crippen MR) is 558 cm³/mol. The first-order valence-electron chi connectivity index (χ1n) is 49.7. The van der Waals surface area contributed by atoms with E-state index in [-0.39, 0.29) is 68.4 Å². The maximum absolute atomic E-state index is 10.5. The third-order valence-electron chi connectivity index (χ3n) is 28.6. The Labute approximate surface area is 785 Å². The lowest BCUT2D eigenvalue weighted by Crippen LogP contribution is -2.61. The van der Waals surface area contributed by atoms with Crippen molar-refractivity contribution in [3.8, 4) is 94.7 Å². The second-order valence-electron chi connectivity index (χ2n) is 39.3. The van der Waals surface area contributed by atoms with E-state index in [1.165, 1.54) is 55.6 Å². The van der Waals surface area contributed by atoms with E-state index < -0.39 is 35.0 Å². The third-order valence-corrected chi connectivity index (χ3v) is 28.6. The van der Waals surface area contributed by atoms with Crippen molar-refractivity contribution in [2.45, 2.75) is 89.4 Å². The molecule has 0 amide bonds. The van der Waals surface area contributed by atoms with E-state index in [4.69, 9.17) is 0 Å². The van der Waals surface area contributed by atoms with Crippen molar-refractivity contribution in [1.82, 2.24) is 4.57 Å². The van der Waals surface area contributed by atoms with Gasteiger partial charge < -0.3 is 14.4 Å². The number of aromatic nitrogens is 1. The number of hydrogen-bond donors (Lipinski definition) is 0. The lowest BCUT2D eigenvalue weighted by molar-refractivity contribution is 0.569. The maximum Gasteiger partial charge on any atom is 0.252 e. The molecule has 3 nitrogen and oxygen atoms in total. The van der Waals surface area contributed by atoms with Crippen LogP contribution in [-0.4, -0.2) is 11.3 Å². The van der Waals surface area contributed by atoms with Crippen molar-refractivity contribution >= 4 is 79.0 Å². The number of hydrogen-bond acceptors (Lipinski definition) is 2. The van der Waals surface area contributed by atoms with Crippen LogP contribution in [0.25, 0.3) is 117 Å². The molecular formula is C128H100BN3. The highest BCUT2D eigenvalue weighted by atomic mass is 15.2. The molecule has 4 heteroatoms.